The van der Waals surface area contributed by atoms with E-state index in [0.29, 0.717) is 6.04 Å². The molecule has 146 valence electrons. The number of hydrogen-bond donors (Lipinski definition) is 0. The largest absolute Gasteiger partial charge is 0.497 e. The molecule has 2 aromatic rings. The molecule has 7 heteroatoms. The number of fused-ring (bicyclic) bond motifs is 1. The zero-order valence-electron chi connectivity index (χ0n) is 16.8. The van der Waals surface area contributed by atoms with E-state index in [0.717, 1.165) is 31.2 Å². The molecule has 2 unspecified atom stereocenters. The van der Waals surface area contributed by atoms with Crippen LogP contribution in [0.5, 0.6) is 5.75 Å². The van der Waals surface area contributed by atoms with Gasteiger partial charge in [0.25, 0.3) is 0 Å². The van der Waals surface area contributed by atoms with E-state index in [1.165, 1.54) is 24.9 Å². The average Bonchev–Trinajstić information content (AvgIpc) is 3.31. The lowest BCUT2D eigenvalue weighted by atomic mass is 10.00. The van der Waals surface area contributed by atoms with Crippen LogP contribution in [0.4, 0.5) is 0 Å². The van der Waals surface area contributed by atoms with Crippen molar-refractivity contribution in [1.29, 1.82) is 0 Å². The Bertz CT molecular complexity index is 766. The predicted octanol–water partition coefficient (Wildman–Crippen LogP) is 2.31. The second kappa shape index (κ2) is 7.20. The van der Waals surface area contributed by atoms with E-state index in [1.807, 2.05) is 16.8 Å². The summed E-state index contributed by atoms with van der Waals surface area (Å²) in [4.78, 5) is 5.19. The van der Waals surface area contributed by atoms with E-state index >= 15 is 0 Å². The molecule has 3 heterocycles. The van der Waals surface area contributed by atoms with Gasteiger partial charge in [-0.3, -0.25) is 9.80 Å². The van der Waals surface area contributed by atoms with Crippen molar-refractivity contribution in [2.24, 2.45) is 0 Å². The first-order valence-electron chi connectivity index (χ1n) is 9.88. The molecule has 4 rings (SSSR count). The maximum Gasteiger partial charge on any atom is 0.173 e. The third-order valence-electron chi connectivity index (χ3n) is 5.79. The molecule has 1 aromatic heterocycles. The van der Waals surface area contributed by atoms with Crippen molar-refractivity contribution in [2.75, 3.05) is 33.3 Å². The molecule has 2 atom stereocenters. The topological polar surface area (TPSA) is 59.3 Å². The molecular weight excluding hydrogens is 340 g/mol. The van der Waals surface area contributed by atoms with Crippen LogP contribution in [-0.4, -0.2) is 69.3 Å². The lowest BCUT2D eigenvalue weighted by Crippen LogP contribution is -2.51. The fourth-order valence-corrected chi connectivity index (χ4v) is 4.40. The van der Waals surface area contributed by atoms with Crippen LogP contribution >= 0.6 is 0 Å². The van der Waals surface area contributed by atoms with Gasteiger partial charge in [-0.25, -0.2) is 4.68 Å². The molecule has 2 aliphatic rings. The van der Waals surface area contributed by atoms with Gasteiger partial charge >= 0.3 is 0 Å². The number of tetrazole rings is 1. The summed E-state index contributed by atoms with van der Waals surface area (Å²) in [6, 6.07) is 9.04. The molecule has 2 fully saturated rings. The number of aromatic nitrogens is 4. The number of ether oxygens (including phenoxy) is 1. The van der Waals surface area contributed by atoms with Crippen LogP contribution in [0.1, 0.15) is 51.0 Å². The molecule has 0 bridgehead atoms. The van der Waals surface area contributed by atoms with Gasteiger partial charge in [0.05, 0.1) is 18.7 Å². The minimum absolute atomic E-state index is 0.0490. The summed E-state index contributed by atoms with van der Waals surface area (Å²) in [5, 5.41) is 12.8. The fraction of sp³-hybridized carbons (Fsp3) is 0.650. The van der Waals surface area contributed by atoms with Crippen LogP contribution in [0.2, 0.25) is 0 Å². The van der Waals surface area contributed by atoms with Gasteiger partial charge in [0.2, 0.25) is 0 Å². The molecule has 2 saturated heterocycles. The maximum absolute atomic E-state index is 5.35. The first kappa shape index (κ1) is 18.4. The monoisotopic (exact) mass is 370 g/mol. The molecule has 0 saturated carbocycles. The lowest BCUT2D eigenvalue weighted by Gasteiger charge is -2.41. The van der Waals surface area contributed by atoms with Gasteiger partial charge < -0.3 is 4.74 Å². The number of benzene rings is 1. The summed E-state index contributed by atoms with van der Waals surface area (Å²) in [6.45, 7) is 10.9. The van der Waals surface area contributed by atoms with Gasteiger partial charge in [0.1, 0.15) is 5.75 Å². The van der Waals surface area contributed by atoms with E-state index in [9.17, 15) is 0 Å². The van der Waals surface area contributed by atoms with Crippen molar-refractivity contribution in [1.82, 2.24) is 30.0 Å². The van der Waals surface area contributed by atoms with Crippen molar-refractivity contribution in [3.05, 3.63) is 35.7 Å². The van der Waals surface area contributed by atoms with Gasteiger partial charge in [-0.05, 0) is 68.3 Å². The Labute approximate surface area is 161 Å². The molecule has 0 N–H and O–H groups in total. The van der Waals surface area contributed by atoms with Crippen molar-refractivity contribution >= 4 is 0 Å². The van der Waals surface area contributed by atoms with E-state index in [-0.39, 0.29) is 11.6 Å². The van der Waals surface area contributed by atoms with Crippen LogP contribution in [0.25, 0.3) is 0 Å². The Kier molecular flexibility index (Phi) is 4.90. The molecule has 1 aromatic carbocycles. The summed E-state index contributed by atoms with van der Waals surface area (Å²) >= 11 is 0. The van der Waals surface area contributed by atoms with E-state index in [1.54, 1.807) is 7.11 Å². The third kappa shape index (κ3) is 3.58. The first-order valence-corrected chi connectivity index (χ1v) is 9.88. The van der Waals surface area contributed by atoms with Crippen LogP contribution in [0, 0.1) is 0 Å². The van der Waals surface area contributed by atoms with Gasteiger partial charge in [0, 0.05) is 25.7 Å². The van der Waals surface area contributed by atoms with E-state index < -0.39 is 0 Å². The molecule has 2 aliphatic heterocycles. The Hall–Kier alpha value is -1.99. The average molecular weight is 371 g/mol. The molecule has 7 nitrogen and oxygen atoms in total. The molecule has 0 radical (unpaired) electrons. The molecule has 0 amide bonds. The Morgan fingerprint density at radius 2 is 1.89 bits per heavy atom. The number of hydrogen-bond acceptors (Lipinski definition) is 6. The highest BCUT2D eigenvalue weighted by Gasteiger charge is 2.37. The highest BCUT2D eigenvalue weighted by atomic mass is 16.5. The summed E-state index contributed by atoms with van der Waals surface area (Å²) in [5.41, 5.74) is 1.04. The number of rotatable bonds is 4. The molecular formula is C20H30N6O. The van der Waals surface area contributed by atoms with E-state index in [4.69, 9.17) is 4.74 Å². The SMILES string of the molecule is COc1ccc(C(c2nnnn2C(C)(C)C)N2CCN3CCCC3C2)cc1. The lowest BCUT2D eigenvalue weighted by molar-refractivity contribution is 0.0776. The highest BCUT2D eigenvalue weighted by molar-refractivity contribution is 5.32. The van der Waals surface area contributed by atoms with Crippen molar-refractivity contribution in [3.8, 4) is 5.75 Å². The van der Waals surface area contributed by atoms with Crippen molar-refractivity contribution < 1.29 is 4.74 Å². The zero-order valence-corrected chi connectivity index (χ0v) is 16.8. The normalized spacial score (nSPS) is 22.6. The maximum atomic E-state index is 5.35. The quantitative estimate of drug-likeness (QED) is 0.823. The predicted molar refractivity (Wildman–Crippen MR) is 104 cm³/mol. The second-order valence-electron chi connectivity index (χ2n) is 8.62. The standard InChI is InChI=1S/C20H30N6O/c1-20(2,3)26-19(21-22-23-26)18(15-7-9-17(27-4)10-8-15)25-13-12-24-11-5-6-16(24)14-25/h7-10,16,18H,5-6,11-14H2,1-4H3. The van der Waals surface area contributed by atoms with Crippen LogP contribution in [-0.2, 0) is 5.54 Å². The van der Waals surface area contributed by atoms with Gasteiger partial charge in [0.15, 0.2) is 5.82 Å². The van der Waals surface area contributed by atoms with E-state index in [2.05, 4.69) is 58.2 Å². The highest BCUT2D eigenvalue weighted by Crippen LogP contribution is 2.34. The van der Waals surface area contributed by atoms with Gasteiger partial charge in [-0.15, -0.1) is 5.10 Å². The first-order chi connectivity index (χ1) is 13.0. The second-order valence-corrected chi connectivity index (χ2v) is 8.62. The fourth-order valence-electron chi connectivity index (χ4n) is 4.40. The summed E-state index contributed by atoms with van der Waals surface area (Å²) in [5.74, 6) is 1.78. The molecule has 27 heavy (non-hydrogen) atoms. The minimum Gasteiger partial charge on any atom is -0.497 e. The Morgan fingerprint density at radius 1 is 1.11 bits per heavy atom. The Balaban J connectivity index is 1.72. The van der Waals surface area contributed by atoms with Crippen LogP contribution < -0.4 is 4.74 Å². The minimum atomic E-state index is -0.168. The Morgan fingerprint density at radius 3 is 2.59 bits per heavy atom. The molecule has 0 aliphatic carbocycles. The van der Waals surface area contributed by atoms with Crippen molar-refractivity contribution in [3.63, 3.8) is 0 Å². The number of methoxy groups -OCH3 is 1. The van der Waals surface area contributed by atoms with Gasteiger partial charge in [-0.1, -0.05) is 12.1 Å². The van der Waals surface area contributed by atoms with Crippen LogP contribution in [0.15, 0.2) is 24.3 Å². The smallest absolute Gasteiger partial charge is 0.173 e. The summed E-state index contributed by atoms with van der Waals surface area (Å²) in [7, 11) is 1.70. The van der Waals surface area contributed by atoms with Crippen molar-refractivity contribution in [2.45, 2.75) is 51.2 Å². The zero-order chi connectivity index (χ0) is 19.0. The third-order valence-corrected chi connectivity index (χ3v) is 5.79. The van der Waals surface area contributed by atoms with Crippen LogP contribution in [0.3, 0.4) is 0 Å². The molecule has 0 spiro atoms. The summed E-state index contributed by atoms with van der Waals surface area (Å²) in [6.07, 6.45) is 2.60. The van der Waals surface area contributed by atoms with Gasteiger partial charge in [-0.2, -0.15) is 0 Å². The number of piperazine rings is 1. The number of nitrogens with zero attached hydrogens (tertiary/aromatic N) is 6. The summed E-state index contributed by atoms with van der Waals surface area (Å²) < 4.78 is 7.33.